The van der Waals surface area contributed by atoms with Gasteiger partial charge in [0.15, 0.2) is 0 Å². The molecule has 0 radical (unpaired) electrons. The van der Waals surface area contributed by atoms with Crippen molar-refractivity contribution in [3.63, 3.8) is 0 Å². The van der Waals surface area contributed by atoms with Gasteiger partial charge >= 0.3 is 0 Å². The summed E-state index contributed by atoms with van der Waals surface area (Å²) >= 11 is 3.73. The largest absolute Gasteiger partial charge is 0.393 e. The van der Waals surface area contributed by atoms with Gasteiger partial charge in [0.25, 0.3) is 0 Å². The molecule has 0 bridgehead atoms. The normalized spacial score (nSPS) is 28.1. The number of benzene rings is 1. The molecule has 1 heterocycles. The Hall–Kier alpha value is -0.580. The lowest BCUT2D eigenvalue weighted by atomic mass is 10.00. The number of anilines is 1. The van der Waals surface area contributed by atoms with Gasteiger partial charge in [0.2, 0.25) is 0 Å². The van der Waals surface area contributed by atoms with E-state index >= 15 is 0 Å². The molecule has 21 heavy (non-hydrogen) atoms. The average molecular weight is 353 g/mol. The summed E-state index contributed by atoms with van der Waals surface area (Å²) in [7, 11) is 0. The second-order valence-corrected chi connectivity index (χ2v) is 7.29. The first-order valence-corrected chi connectivity index (χ1v) is 8.90. The highest BCUT2D eigenvalue weighted by atomic mass is 79.9. The third-order valence-corrected chi connectivity index (χ3v) is 5.56. The molecular weight excluding hydrogens is 328 g/mol. The lowest BCUT2D eigenvalue weighted by molar-refractivity contribution is 0.133. The van der Waals surface area contributed by atoms with Crippen LogP contribution < -0.4 is 10.2 Å². The molecule has 2 fully saturated rings. The van der Waals surface area contributed by atoms with Crippen molar-refractivity contribution < 1.29 is 5.11 Å². The molecule has 0 amide bonds. The predicted molar refractivity (Wildman–Crippen MR) is 90.6 cm³/mol. The van der Waals surface area contributed by atoms with Crippen molar-refractivity contribution in [1.29, 1.82) is 0 Å². The molecule has 2 N–H and O–H groups in total. The van der Waals surface area contributed by atoms with Crippen LogP contribution >= 0.6 is 15.9 Å². The Bertz CT molecular complexity index is 494. The third kappa shape index (κ3) is 3.27. The second kappa shape index (κ2) is 6.67. The minimum atomic E-state index is -0.0868. The maximum atomic E-state index is 10.1. The van der Waals surface area contributed by atoms with E-state index in [1.807, 2.05) is 0 Å². The fourth-order valence-corrected chi connectivity index (χ4v) is 4.44. The molecule has 1 aromatic rings. The summed E-state index contributed by atoms with van der Waals surface area (Å²) in [5, 5.41) is 13.5. The Morgan fingerprint density at radius 3 is 2.90 bits per heavy atom. The van der Waals surface area contributed by atoms with Gasteiger partial charge in [-0.15, -0.1) is 0 Å². The molecular formula is C17H25BrN2O. The standard InChI is InChI=1S/C17H25BrN2O/c1-2-7-19-9-12-3-5-16(15(18)8-12)20-10-13-4-6-17(21)14(13)11-20/h3,5,8,13-14,17,19,21H,2,4,6-7,9-11H2,1H3. The molecule has 3 rings (SSSR count). The molecule has 3 nitrogen and oxygen atoms in total. The van der Waals surface area contributed by atoms with E-state index in [1.54, 1.807) is 0 Å². The molecule has 1 aromatic carbocycles. The SMILES string of the molecule is CCCNCc1ccc(N2CC3CCC(O)C3C2)c(Br)c1. The summed E-state index contributed by atoms with van der Waals surface area (Å²) in [6.45, 7) is 6.26. The van der Waals surface area contributed by atoms with Crippen molar-refractivity contribution in [3.8, 4) is 0 Å². The highest BCUT2D eigenvalue weighted by Crippen LogP contribution is 2.41. The second-order valence-electron chi connectivity index (χ2n) is 6.44. The lowest BCUT2D eigenvalue weighted by Gasteiger charge is -2.22. The Morgan fingerprint density at radius 2 is 2.19 bits per heavy atom. The zero-order chi connectivity index (χ0) is 14.8. The van der Waals surface area contributed by atoms with Crippen LogP contribution in [0.5, 0.6) is 0 Å². The highest BCUT2D eigenvalue weighted by molar-refractivity contribution is 9.10. The summed E-state index contributed by atoms with van der Waals surface area (Å²) in [4.78, 5) is 2.44. The Morgan fingerprint density at radius 1 is 1.33 bits per heavy atom. The maximum absolute atomic E-state index is 10.1. The van der Waals surface area contributed by atoms with Crippen LogP contribution in [0.4, 0.5) is 5.69 Å². The molecule has 3 unspecified atom stereocenters. The fourth-order valence-electron chi connectivity index (χ4n) is 3.76. The Balaban J connectivity index is 1.66. The van der Waals surface area contributed by atoms with Crippen molar-refractivity contribution in [2.24, 2.45) is 11.8 Å². The topological polar surface area (TPSA) is 35.5 Å². The van der Waals surface area contributed by atoms with E-state index in [-0.39, 0.29) is 6.10 Å². The molecule has 1 aliphatic heterocycles. The summed E-state index contributed by atoms with van der Waals surface area (Å²) in [6, 6.07) is 6.66. The summed E-state index contributed by atoms with van der Waals surface area (Å²) < 4.78 is 1.17. The van der Waals surface area contributed by atoms with Crippen LogP contribution in [0.3, 0.4) is 0 Å². The van der Waals surface area contributed by atoms with Crippen molar-refractivity contribution in [1.82, 2.24) is 5.32 Å². The summed E-state index contributed by atoms with van der Waals surface area (Å²) in [5.41, 5.74) is 2.59. The monoisotopic (exact) mass is 352 g/mol. The summed E-state index contributed by atoms with van der Waals surface area (Å²) in [5.74, 6) is 1.15. The molecule has 1 saturated carbocycles. The van der Waals surface area contributed by atoms with Crippen molar-refractivity contribution in [2.75, 3.05) is 24.5 Å². The number of hydrogen-bond donors (Lipinski definition) is 2. The molecule has 0 aromatic heterocycles. The number of nitrogens with one attached hydrogen (secondary N) is 1. The number of halogens is 1. The third-order valence-electron chi connectivity index (χ3n) is 4.93. The molecule has 0 spiro atoms. The van der Waals surface area contributed by atoms with Gasteiger partial charge in [-0.3, -0.25) is 0 Å². The van der Waals surface area contributed by atoms with Gasteiger partial charge in [0.05, 0.1) is 11.8 Å². The van der Waals surface area contributed by atoms with E-state index in [2.05, 4.69) is 51.3 Å². The number of fused-ring (bicyclic) bond motifs is 1. The molecule has 116 valence electrons. The first-order chi connectivity index (χ1) is 10.2. The van der Waals surface area contributed by atoms with Crippen LogP contribution in [-0.2, 0) is 6.54 Å². The van der Waals surface area contributed by atoms with Gasteiger partial charge in [0.1, 0.15) is 0 Å². The van der Waals surface area contributed by atoms with E-state index in [1.165, 1.54) is 22.1 Å². The molecule has 1 aliphatic carbocycles. The maximum Gasteiger partial charge on any atom is 0.0588 e. The van der Waals surface area contributed by atoms with E-state index < -0.39 is 0 Å². The molecule has 2 aliphatic rings. The van der Waals surface area contributed by atoms with Gasteiger partial charge < -0.3 is 15.3 Å². The highest BCUT2D eigenvalue weighted by Gasteiger charge is 2.42. The van der Waals surface area contributed by atoms with Crippen LogP contribution in [0.25, 0.3) is 0 Å². The number of nitrogens with zero attached hydrogens (tertiary/aromatic N) is 1. The lowest BCUT2D eigenvalue weighted by Crippen LogP contribution is -2.24. The van der Waals surface area contributed by atoms with Crippen LogP contribution in [0.2, 0.25) is 0 Å². The number of aliphatic hydroxyl groups is 1. The van der Waals surface area contributed by atoms with Crippen LogP contribution in [-0.4, -0.2) is 30.8 Å². The minimum absolute atomic E-state index is 0.0868. The predicted octanol–water partition coefficient (Wildman–Crippen LogP) is 3.16. The number of rotatable bonds is 5. The first-order valence-electron chi connectivity index (χ1n) is 8.11. The number of hydrogen-bond acceptors (Lipinski definition) is 3. The zero-order valence-corrected chi connectivity index (χ0v) is 14.3. The number of aliphatic hydroxyl groups excluding tert-OH is 1. The molecule has 3 atom stereocenters. The smallest absolute Gasteiger partial charge is 0.0588 e. The fraction of sp³-hybridized carbons (Fsp3) is 0.647. The van der Waals surface area contributed by atoms with E-state index in [0.29, 0.717) is 11.8 Å². The van der Waals surface area contributed by atoms with E-state index in [9.17, 15) is 5.11 Å². The van der Waals surface area contributed by atoms with Gasteiger partial charge in [-0.1, -0.05) is 13.0 Å². The Labute approximate surface area is 135 Å². The van der Waals surface area contributed by atoms with Crippen LogP contribution in [0.1, 0.15) is 31.7 Å². The molecule has 4 heteroatoms. The van der Waals surface area contributed by atoms with Gasteiger partial charge in [-0.05, 0) is 65.4 Å². The van der Waals surface area contributed by atoms with Crippen molar-refractivity contribution in [2.45, 2.75) is 38.8 Å². The van der Waals surface area contributed by atoms with Gasteiger partial charge in [-0.2, -0.15) is 0 Å². The zero-order valence-electron chi connectivity index (χ0n) is 12.7. The summed E-state index contributed by atoms with van der Waals surface area (Å²) in [6.07, 6.45) is 3.25. The van der Waals surface area contributed by atoms with Gasteiger partial charge in [0, 0.05) is 30.0 Å². The Kier molecular flexibility index (Phi) is 4.87. The first kappa shape index (κ1) is 15.3. The van der Waals surface area contributed by atoms with E-state index in [4.69, 9.17) is 0 Å². The van der Waals surface area contributed by atoms with Crippen molar-refractivity contribution >= 4 is 21.6 Å². The average Bonchev–Trinajstić information content (AvgIpc) is 3.02. The van der Waals surface area contributed by atoms with E-state index in [0.717, 1.165) is 39.0 Å². The van der Waals surface area contributed by atoms with Crippen LogP contribution in [0.15, 0.2) is 22.7 Å². The minimum Gasteiger partial charge on any atom is -0.393 e. The van der Waals surface area contributed by atoms with Crippen LogP contribution in [0, 0.1) is 11.8 Å². The van der Waals surface area contributed by atoms with Gasteiger partial charge in [-0.25, -0.2) is 0 Å². The quantitative estimate of drug-likeness (QED) is 0.799. The molecule has 1 saturated heterocycles. The van der Waals surface area contributed by atoms with Crippen molar-refractivity contribution in [3.05, 3.63) is 28.2 Å².